The lowest BCUT2D eigenvalue weighted by Crippen LogP contribution is -2.14. The topological polar surface area (TPSA) is 41.5 Å². The maximum Gasteiger partial charge on any atom is 0.204 e. The molecule has 0 aromatic heterocycles. The number of Topliss-reactive ketones (excluding diaryl/α,β-unsaturated/α-hetero) is 1. The summed E-state index contributed by atoms with van der Waals surface area (Å²) in [6.45, 7) is 0.324. The van der Waals surface area contributed by atoms with E-state index in [0.29, 0.717) is 12.3 Å². The van der Waals surface area contributed by atoms with Crippen molar-refractivity contribution in [2.24, 2.45) is 5.10 Å². The van der Waals surface area contributed by atoms with Crippen LogP contribution in [0.5, 0.6) is 0 Å². The zero-order valence-corrected chi connectivity index (χ0v) is 6.45. The van der Waals surface area contributed by atoms with Crippen molar-refractivity contribution in [2.75, 3.05) is 6.54 Å². The molecule has 0 radical (unpaired) electrons. The quantitative estimate of drug-likeness (QED) is 0.652. The number of benzene rings is 1. The van der Waals surface area contributed by atoms with Crippen LogP contribution >= 0.6 is 0 Å². The monoisotopic (exact) mass is 160 g/mol. The van der Waals surface area contributed by atoms with Gasteiger partial charge in [-0.15, -0.1) is 0 Å². The number of carbonyl (C=O) groups is 1. The molecule has 0 saturated carbocycles. The predicted octanol–water partition coefficient (Wildman–Crippen LogP) is 0.563. The van der Waals surface area contributed by atoms with E-state index in [-0.39, 0.29) is 5.78 Å². The molecule has 1 N–H and O–H groups in total. The smallest absolute Gasteiger partial charge is 0.204 e. The van der Waals surface area contributed by atoms with Gasteiger partial charge in [-0.25, -0.2) is 0 Å². The summed E-state index contributed by atoms with van der Waals surface area (Å²) in [6.07, 6.45) is 0. The van der Waals surface area contributed by atoms with E-state index >= 15 is 0 Å². The second-order valence-corrected chi connectivity index (χ2v) is 2.58. The van der Waals surface area contributed by atoms with Crippen LogP contribution in [0.3, 0.4) is 0 Å². The molecule has 1 aliphatic heterocycles. The molecule has 0 amide bonds. The lowest BCUT2D eigenvalue weighted by atomic mass is 10.1. The highest BCUT2D eigenvalue weighted by molar-refractivity contribution is 6.47. The van der Waals surface area contributed by atoms with E-state index in [1.165, 1.54) is 0 Å². The molecule has 0 atom stereocenters. The maximum atomic E-state index is 11.2. The molecule has 60 valence electrons. The normalized spacial score (nSPS) is 15.7. The standard InChI is InChI=1S/C9H8N2O/c12-8-6-10-11-9(8)7-4-2-1-3-5-7/h1-5,10H,6H2. The molecule has 3 nitrogen and oxygen atoms in total. The number of nitrogens with one attached hydrogen (secondary N) is 1. The number of carbonyl (C=O) groups excluding carboxylic acids is 1. The molecule has 1 aliphatic rings. The van der Waals surface area contributed by atoms with Gasteiger partial charge in [0.1, 0.15) is 5.71 Å². The Morgan fingerprint density at radius 2 is 2.00 bits per heavy atom. The van der Waals surface area contributed by atoms with Crippen molar-refractivity contribution < 1.29 is 4.79 Å². The van der Waals surface area contributed by atoms with Gasteiger partial charge < -0.3 is 5.43 Å². The average molecular weight is 160 g/mol. The van der Waals surface area contributed by atoms with Gasteiger partial charge in [0.15, 0.2) is 0 Å². The van der Waals surface area contributed by atoms with Crippen LogP contribution in [-0.2, 0) is 4.79 Å². The summed E-state index contributed by atoms with van der Waals surface area (Å²) in [5.74, 6) is 0.0567. The highest BCUT2D eigenvalue weighted by Gasteiger charge is 2.17. The summed E-state index contributed by atoms with van der Waals surface area (Å²) in [6, 6.07) is 9.46. The van der Waals surface area contributed by atoms with Crippen LogP contribution in [-0.4, -0.2) is 18.0 Å². The zero-order chi connectivity index (χ0) is 8.39. The molecule has 0 saturated heterocycles. The minimum atomic E-state index is 0.0567. The molecule has 0 fully saturated rings. The van der Waals surface area contributed by atoms with Crippen molar-refractivity contribution in [3.8, 4) is 0 Å². The first-order valence-electron chi connectivity index (χ1n) is 3.77. The van der Waals surface area contributed by atoms with Crippen LogP contribution in [0.15, 0.2) is 35.4 Å². The second-order valence-electron chi connectivity index (χ2n) is 2.58. The molecule has 1 aromatic rings. The Bertz CT molecular complexity index is 330. The summed E-state index contributed by atoms with van der Waals surface area (Å²) < 4.78 is 0. The van der Waals surface area contributed by atoms with E-state index in [1.807, 2.05) is 30.3 Å². The predicted molar refractivity (Wildman–Crippen MR) is 46.0 cm³/mol. The molecule has 2 rings (SSSR count). The van der Waals surface area contributed by atoms with Gasteiger partial charge in [-0.05, 0) is 0 Å². The highest BCUT2D eigenvalue weighted by Crippen LogP contribution is 2.04. The number of hydrazone groups is 1. The van der Waals surface area contributed by atoms with Crippen molar-refractivity contribution >= 4 is 11.5 Å². The largest absolute Gasteiger partial charge is 0.301 e. The lowest BCUT2D eigenvalue weighted by molar-refractivity contribution is -0.111. The first-order chi connectivity index (χ1) is 5.88. The van der Waals surface area contributed by atoms with E-state index in [9.17, 15) is 4.79 Å². The second kappa shape index (κ2) is 2.77. The number of rotatable bonds is 1. The lowest BCUT2D eigenvalue weighted by Gasteiger charge is -1.94. The van der Waals surface area contributed by atoms with Gasteiger partial charge >= 0.3 is 0 Å². The Balaban J connectivity index is 2.38. The molecule has 1 heterocycles. The van der Waals surface area contributed by atoms with Crippen LogP contribution in [0.4, 0.5) is 0 Å². The maximum absolute atomic E-state index is 11.2. The summed E-state index contributed by atoms with van der Waals surface area (Å²) in [5.41, 5.74) is 4.08. The molecule has 1 aromatic carbocycles. The summed E-state index contributed by atoms with van der Waals surface area (Å²) >= 11 is 0. The molecular weight excluding hydrogens is 152 g/mol. The van der Waals surface area contributed by atoms with E-state index in [1.54, 1.807) is 0 Å². The Hall–Kier alpha value is -1.64. The Morgan fingerprint density at radius 3 is 2.58 bits per heavy atom. The van der Waals surface area contributed by atoms with Crippen LogP contribution < -0.4 is 5.43 Å². The van der Waals surface area contributed by atoms with E-state index in [4.69, 9.17) is 0 Å². The Labute approximate surface area is 70.1 Å². The summed E-state index contributed by atoms with van der Waals surface area (Å²) in [4.78, 5) is 11.2. The van der Waals surface area contributed by atoms with Gasteiger partial charge in [0, 0.05) is 5.56 Å². The van der Waals surface area contributed by atoms with Gasteiger partial charge in [0.25, 0.3) is 0 Å². The fourth-order valence-corrected chi connectivity index (χ4v) is 1.16. The van der Waals surface area contributed by atoms with Crippen molar-refractivity contribution in [2.45, 2.75) is 0 Å². The van der Waals surface area contributed by atoms with E-state index in [0.717, 1.165) is 5.56 Å². The van der Waals surface area contributed by atoms with Crippen LogP contribution in [0.2, 0.25) is 0 Å². The first-order valence-corrected chi connectivity index (χ1v) is 3.77. The third-order valence-corrected chi connectivity index (χ3v) is 1.74. The first kappa shape index (κ1) is 7.03. The molecule has 0 aliphatic carbocycles. The molecular formula is C9H8N2O. The molecule has 3 heteroatoms. The third-order valence-electron chi connectivity index (χ3n) is 1.74. The van der Waals surface area contributed by atoms with Gasteiger partial charge in [-0.1, -0.05) is 30.3 Å². The van der Waals surface area contributed by atoms with Crippen LogP contribution in [0.1, 0.15) is 5.56 Å². The fraction of sp³-hybridized carbons (Fsp3) is 0.111. The third kappa shape index (κ3) is 1.09. The summed E-state index contributed by atoms with van der Waals surface area (Å²) in [5, 5.41) is 3.90. The van der Waals surface area contributed by atoms with E-state index < -0.39 is 0 Å². The van der Waals surface area contributed by atoms with Crippen LogP contribution in [0, 0.1) is 0 Å². The van der Waals surface area contributed by atoms with Gasteiger partial charge in [-0.3, -0.25) is 4.79 Å². The molecule has 0 spiro atoms. The zero-order valence-electron chi connectivity index (χ0n) is 6.45. The van der Waals surface area contributed by atoms with Crippen molar-refractivity contribution in [1.29, 1.82) is 0 Å². The highest BCUT2D eigenvalue weighted by atomic mass is 16.1. The summed E-state index contributed by atoms with van der Waals surface area (Å²) in [7, 11) is 0. The SMILES string of the molecule is O=C1CNN=C1c1ccccc1. The van der Waals surface area contributed by atoms with Crippen LogP contribution in [0.25, 0.3) is 0 Å². The number of nitrogens with zero attached hydrogens (tertiary/aromatic N) is 1. The van der Waals surface area contributed by atoms with Crippen molar-refractivity contribution in [1.82, 2.24) is 5.43 Å². The number of ketones is 1. The molecule has 12 heavy (non-hydrogen) atoms. The van der Waals surface area contributed by atoms with Gasteiger partial charge in [-0.2, -0.15) is 5.10 Å². The average Bonchev–Trinajstić information content (AvgIpc) is 2.53. The number of hydrogen-bond donors (Lipinski definition) is 1. The Morgan fingerprint density at radius 1 is 1.25 bits per heavy atom. The van der Waals surface area contributed by atoms with E-state index in [2.05, 4.69) is 10.5 Å². The minimum Gasteiger partial charge on any atom is -0.301 e. The minimum absolute atomic E-state index is 0.0567. The van der Waals surface area contributed by atoms with Gasteiger partial charge in [0.05, 0.1) is 6.54 Å². The number of hydrogen-bond acceptors (Lipinski definition) is 3. The fourth-order valence-electron chi connectivity index (χ4n) is 1.16. The Kier molecular flexibility index (Phi) is 1.63. The van der Waals surface area contributed by atoms with Crippen molar-refractivity contribution in [3.05, 3.63) is 35.9 Å². The van der Waals surface area contributed by atoms with Crippen molar-refractivity contribution in [3.63, 3.8) is 0 Å². The molecule has 0 bridgehead atoms. The van der Waals surface area contributed by atoms with Gasteiger partial charge in [0.2, 0.25) is 5.78 Å². The molecule has 0 unspecified atom stereocenters.